The first kappa shape index (κ1) is 21.0. The fourth-order valence-electron chi connectivity index (χ4n) is 6.06. The monoisotopic (exact) mass is 426 g/mol. The second-order valence-corrected chi connectivity index (χ2v) is 10.4. The summed E-state index contributed by atoms with van der Waals surface area (Å²) >= 11 is 0. The van der Waals surface area contributed by atoms with Crippen molar-refractivity contribution in [1.82, 2.24) is 0 Å². The van der Waals surface area contributed by atoms with E-state index in [9.17, 15) is 0 Å². The number of benzene rings is 3. The maximum Gasteiger partial charge on any atom is -0.0146 e. The summed E-state index contributed by atoms with van der Waals surface area (Å²) in [5.74, 6) is 1.49. The van der Waals surface area contributed by atoms with Crippen LogP contribution in [0.5, 0.6) is 0 Å². The van der Waals surface area contributed by atoms with Crippen LogP contribution in [0.3, 0.4) is 0 Å². The molecule has 0 spiro atoms. The summed E-state index contributed by atoms with van der Waals surface area (Å²) in [4.78, 5) is 0. The Balaban J connectivity index is 1.64. The summed E-state index contributed by atoms with van der Waals surface area (Å²) in [6, 6.07) is 25.2. The van der Waals surface area contributed by atoms with E-state index in [-0.39, 0.29) is 0 Å². The molecule has 0 nitrogen and oxygen atoms in total. The maximum atomic E-state index is 2.95. The Hall–Kier alpha value is -1.91. The Labute approximate surface area is 190 Å². The van der Waals surface area contributed by atoms with Crippen LogP contribution in [0.1, 0.15) is 87.2 Å². The van der Waals surface area contributed by atoms with E-state index in [4.69, 9.17) is 0 Å². The summed E-state index contributed by atoms with van der Waals surface area (Å²) in [7, 11) is 2.95. The highest BCUT2D eigenvalue weighted by atomic mass is 31.0. The van der Waals surface area contributed by atoms with Crippen LogP contribution in [0.2, 0.25) is 0 Å². The minimum atomic E-state index is 0.732. The minimum absolute atomic E-state index is 0.732. The van der Waals surface area contributed by atoms with Crippen LogP contribution in [0.4, 0.5) is 0 Å². The molecule has 1 heteroatoms. The first-order chi connectivity index (χ1) is 15.3. The highest BCUT2D eigenvalue weighted by Gasteiger charge is 2.26. The molecule has 3 aromatic rings. The molecule has 2 aliphatic rings. The smallest absolute Gasteiger partial charge is 0.0146 e. The average Bonchev–Trinajstić information content (AvgIpc) is 2.85. The van der Waals surface area contributed by atoms with Crippen molar-refractivity contribution in [2.75, 3.05) is 0 Å². The molecule has 2 aliphatic carbocycles. The highest BCUT2D eigenvalue weighted by molar-refractivity contribution is 7.27. The molecule has 0 aliphatic heterocycles. The fraction of sp³-hybridized carbons (Fsp3) is 0.400. The van der Waals surface area contributed by atoms with E-state index in [1.165, 1.54) is 91.8 Å². The lowest BCUT2D eigenvalue weighted by molar-refractivity contribution is 0.419. The summed E-state index contributed by atoms with van der Waals surface area (Å²) in [5.41, 5.74) is 8.89. The van der Waals surface area contributed by atoms with Crippen molar-refractivity contribution < 1.29 is 0 Å². The third-order valence-electron chi connectivity index (χ3n) is 7.57. The van der Waals surface area contributed by atoms with Crippen molar-refractivity contribution in [2.45, 2.75) is 76.0 Å². The molecule has 2 saturated carbocycles. The molecule has 5 rings (SSSR count). The number of rotatable bonds is 4. The van der Waals surface area contributed by atoms with E-state index in [0.29, 0.717) is 0 Å². The van der Waals surface area contributed by atoms with Crippen molar-refractivity contribution >= 4 is 14.5 Å². The Kier molecular flexibility index (Phi) is 6.56. The number of hydrogen-bond acceptors (Lipinski definition) is 0. The van der Waals surface area contributed by atoms with Crippen LogP contribution in [0, 0.1) is 0 Å². The Morgan fingerprint density at radius 3 is 1.90 bits per heavy atom. The van der Waals surface area contributed by atoms with E-state index in [2.05, 4.69) is 76.0 Å². The minimum Gasteiger partial charge on any atom is -0.106 e. The fourth-order valence-corrected chi connectivity index (χ4v) is 6.41. The number of hydrogen-bond donors (Lipinski definition) is 0. The van der Waals surface area contributed by atoms with Crippen LogP contribution in [0.25, 0.3) is 22.3 Å². The van der Waals surface area contributed by atoms with Gasteiger partial charge in [0.15, 0.2) is 0 Å². The Bertz CT molecular complexity index is 1010. The lowest BCUT2D eigenvalue weighted by Crippen LogP contribution is -2.14. The molecule has 1 unspecified atom stereocenters. The predicted molar refractivity (Wildman–Crippen MR) is 138 cm³/mol. The van der Waals surface area contributed by atoms with Gasteiger partial charge < -0.3 is 0 Å². The van der Waals surface area contributed by atoms with Gasteiger partial charge in [0.25, 0.3) is 0 Å². The standard InChI is InChI=1S/C30H35P/c31-27-20-25(22-11-4-1-5-12-22)19-26(21-27)29-18-10-17-28(23-13-6-2-7-14-23)30(29)24-15-8-3-9-16-24/h1,4-5,10-12,17-21,23-24H,2-3,6-9,13-16,31H2. The molecule has 3 aromatic carbocycles. The van der Waals surface area contributed by atoms with E-state index >= 15 is 0 Å². The molecule has 1 atom stereocenters. The van der Waals surface area contributed by atoms with Crippen molar-refractivity contribution in [3.8, 4) is 22.3 Å². The van der Waals surface area contributed by atoms with Crippen molar-refractivity contribution in [1.29, 1.82) is 0 Å². The molecule has 0 heterocycles. The van der Waals surface area contributed by atoms with Gasteiger partial charge in [-0.05, 0) is 94.4 Å². The van der Waals surface area contributed by atoms with Crippen LogP contribution in [-0.2, 0) is 0 Å². The molecular weight excluding hydrogens is 391 g/mol. The zero-order chi connectivity index (χ0) is 21.0. The predicted octanol–water partition coefficient (Wildman–Crippen LogP) is 8.62. The first-order valence-electron chi connectivity index (χ1n) is 12.4. The van der Waals surface area contributed by atoms with E-state index in [0.717, 1.165) is 11.8 Å². The molecule has 2 fully saturated rings. The second kappa shape index (κ2) is 9.70. The van der Waals surface area contributed by atoms with Gasteiger partial charge >= 0.3 is 0 Å². The molecule has 31 heavy (non-hydrogen) atoms. The zero-order valence-corrected chi connectivity index (χ0v) is 19.8. The quantitative estimate of drug-likeness (QED) is 0.366. The molecule has 0 N–H and O–H groups in total. The molecular formula is C30H35P. The summed E-state index contributed by atoms with van der Waals surface area (Å²) < 4.78 is 0. The molecule has 0 radical (unpaired) electrons. The third-order valence-corrected chi connectivity index (χ3v) is 7.91. The molecule has 0 saturated heterocycles. The first-order valence-corrected chi connectivity index (χ1v) is 13.0. The maximum absolute atomic E-state index is 2.95. The lowest BCUT2D eigenvalue weighted by atomic mass is 9.73. The largest absolute Gasteiger partial charge is 0.106 e. The third kappa shape index (κ3) is 4.65. The summed E-state index contributed by atoms with van der Waals surface area (Å²) in [6.45, 7) is 0. The van der Waals surface area contributed by atoms with Gasteiger partial charge in [-0.2, -0.15) is 0 Å². The van der Waals surface area contributed by atoms with Gasteiger partial charge in [-0.1, -0.05) is 87.1 Å². The van der Waals surface area contributed by atoms with E-state index in [1.54, 1.807) is 11.1 Å². The van der Waals surface area contributed by atoms with Crippen molar-refractivity contribution in [2.24, 2.45) is 0 Å². The van der Waals surface area contributed by atoms with Crippen LogP contribution in [0.15, 0.2) is 66.7 Å². The Morgan fingerprint density at radius 1 is 0.548 bits per heavy atom. The average molecular weight is 427 g/mol. The van der Waals surface area contributed by atoms with E-state index < -0.39 is 0 Å². The molecule has 160 valence electrons. The van der Waals surface area contributed by atoms with Gasteiger partial charge in [0.2, 0.25) is 0 Å². The van der Waals surface area contributed by atoms with Crippen LogP contribution in [-0.4, -0.2) is 0 Å². The van der Waals surface area contributed by atoms with Crippen molar-refractivity contribution in [3.63, 3.8) is 0 Å². The summed E-state index contributed by atoms with van der Waals surface area (Å²) in [6.07, 6.45) is 13.9. The normalized spacial score (nSPS) is 18.2. The lowest BCUT2D eigenvalue weighted by Gasteiger charge is -2.31. The van der Waals surface area contributed by atoms with Gasteiger partial charge in [-0.3, -0.25) is 0 Å². The topological polar surface area (TPSA) is 0 Å². The van der Waals surface area contributed by atoms with Gasteiger partial charge in [0.1, 0.15) is 0 Å². The molecule has 0 amide bonds. The van der Waals surface area contributed by atoms with Crippen molar-refractivity contribution in [3.05, 3.63) is 77.9 Å². The second-order valence-electron chi connectivity index (χ2n) is 9.69. The van der Waals surface area contributed by atoms with Gasteiger partial charge in [0, 0.05) is 0 Å². The summed E-state index contributed by atoms with van der Waals surface area (Å²) in [5, 5.41) is 1.27. The van der Waals surface area contributed by atoms with Crippen LogP contribution >= 0.6 is 9.24 Å². The van der Waals surface area contributed by atoms with Crippen LogP contribution < -0.4 is 5.30 Å². The van der Waals surface area contributed by atoms with Gasteiger partial charge in [0.05, 0.1) is 0 Å². The van der Waals surface area contributed by atoms with E-state index in [1.807, 2.05) is 0 Å². The van der Waals surface area contributed by atoms with Gasteiger partial charge in [-0.15, -0.1) is 9.24 Å². The zero-order valence-electron chi connectivity index (χ0n) is 18.7. The SMILES string of the molecule is Pc1cc(-c2ccccc2)cc(-c2cccc(C3CCCCC3)c2C2CCCCC2)c1. The Morgan fingerprint density at radius 2 is 1.19 bits per heavy atom. The molecule has 0 bridgehead atoms. The van der Waals surface area contributed by atoms with Gasteiger partial charge in [-0.25, -0.2) is 0 Å². The highest BCUT2D eigenvalue weighted by Crippen LogP contribution is 2.45. The molecule has 0 aromatic heterocycles.